The SMILES string of the molecule is CN(CCO)Cc1cc(C#N)cs1. The van der Waals surface area contributed by atoms with Crippen molar-refractivity contribution >= 4 is 11.3 Å². The Morgan fingerprint density at radius 3 is 3.00 bits per heavy atom. The summed E-state index contributed by atoms with van der Waals surface area (Å²) in [5, 5.41) is 19.1. The van der Waals surface area contributed by atoms with Crippen molar-refractivity contribution in [3.05, 3.63) is 21.9 Å². The lowest BCUT2D eigenvalue weighted by Gasteiger charge is -2.12. The topological polar surface area (TPSA) is 47.3 Å². The van der Waals surface area contributed by atoms with Gasteiger partial charge in [0.1, 0.15) is 6.07 Å². The molecule has 0 aliphatic carbocycles. The first kappa shape index (κ1) is 10.2. The minimum atomic E-state index is 0.174. The fraction of sp³-hybridized carbons (Fsp3) is 0.444. The fourth-order valence-corrected chi connectivity index (χ4v) is 1.93. The first-order valence-electron chi connectivity index (χ1n) is 4.03. The van der Waals surface area contributed by atoms with Crippen LogP contribution in [0.3, 0.4) is 0 Å². The molecule has 0 saturated heterocycles. The molecule has 1 aromatic heterocycles. The number of nitrogens with zero attached hydrogens (tertiary/aromatic N) is 2. The van der Waals surface area contributed by atoms with E-state index in [0.29, 0.717) is 6.54 Å². The van der Waals surface area contributed by atoms with Gasteiger partial charge in [0.25, 0.3) is 0 Å². The van der Waals surface area contributed by atoms with Gasteiger partial charge in [-0.1, -0.05) is 0 Å². The zero-order valence-corrected chi connectivity index (χ0v) is 8.34. The molecular formula is C9H12N2OS. The van der Waals surface area contributed by atoms with Crippen LogP contribution in [-0.4, -0.2) is 30.2 Å². The Kier molecular flexibility index (Phi) is 3.90. The molecule has 1 aromatic rings. The van der Waals surface area contributed by atoms with E-state index < -0.39 is 0 Å². The molecule has 3 nitrogen and oxygen atoms in total. The molecule has 0 amide bonds. The number of hydrogen-bond acceptors (Lipinski definition) is 4. The second-order valence-electron chi connectivity index (χ2n) is 2.87. The molecule has 1 N–H and O–H groups in total. The summed E-state index contributed by atoms with van der Waals surface area (Å²) in [5.41, 5.74) is 0.720. The van der Waals surface area contributed by atoms with Gasteiger partial charge in [0.05, 0.1) is 12.2 Å². The highest BCUT2D eigenvalue weighted by Crippen LogP contribution is 2.15. The number of nitriles is 1. The molecule has 0 aromatic carbocycles. The van der Waals surface area contributed by atoms with Crippen molar-refractivity contribution in [2.45, 2.75) is 6.54 Å². The molecule has 1 heterocycles. The summed E-state index contributed by atoms with van der Waals surface area (Å²) in [6.45, 7) is 1.64. The minimum absolute atomic E-state index is 0.174. The Morgan fingerprint density at radius 1 is 1.69 bits per heavy atom. The second-order valence-corrected chi connectivity index (χ2v) is 3.87. The van der Waals surface area contributed by atoms with Gasteiger partial charge in [0.15, 0.2) is 0 Å². The highest BCUT2D eigenvalue weighted by molar-refractivity contribution is 7.10. The van der Waals surface area contributed by atoms with Gasteiger partial charge in [-0.3, -0.25) is 4.90 Å². The van der Waals surface area contributed by atoms with Crippen LogP contribution >= 0.6 is 11.3 Å². The van der Waals surface area contributed by atoms with Gasteiger partial charge < -0.3 is 5.11 Å². The zero-order chi connectivity index (χ0) is 9.68. The molecule has 13 heavy (non-hydrogen) atoms. The maximum atomic E-state index is 8.68. The van der Waals surface area contributed by atoms with Crippen LogP contribution in [0.1, 0.15) is 10.4 Å². The lowest BCUT2D eigenvalue weighted by atomic mass is 10.3. The molecule has 1 rings (SSSR count). The molecule has 4 heteroatoms. The standard InChI is InChI=1S/C9H12N2OS/c1-11(2-3-12)6-9-4-8(5-10)7-13-9/h4,7,12H,2-3,6H2,1H3. The van der Waals surface area contributed by atoms with E-state index in [0.717, 1.165) is 17.0 Å². The molecule has 0 unspecified atom stereocenters. The largest absolute Gasteiger partial charge is 0.395 e. The molecular weight excluding hydrogens is 184 g/mol. The number of thiophene rings is 1. The molecule has 0 bridgehead atoms. The number of rotatable bonds is 4. The van der Waals surface area contributed by atoms with Gasteiger partial charge in [-0.05, 0) is 13.1 Å². The van der Waals surface area contributed by atoms with Crippen LogP contribution < -0.4 is 0 Å². The van der Waals surface area contributed by atoms with Crippen molar-refractivity contribution < 1.29 is 5.11 Å². The maximum Gasteiger partial charge on any atom is 0.100 e. The van der Waals surface area contributed by atoms with E-state index in [1.54, 1.807) is 11.3 Å². The van der Waals surface area contributed by atoms with Gasteiger partial charge in [0, 0.05) is 23.3 Å². The summed E-state index contributed by atoms with van der Waals surface area (Å²) in [4.78, 5) is 3.18. The Balaban J connectivity index is 2.50. The van der Waals surface area contributed by atoms with E-state index in [9.17, 15) is 0 Å². The Hall–Kier alpha value is -0.890. The Bertz CT molecular complexity index is 303. The summed E-state index contributed by atoms with van der Waals surface area (Å²) in [5.74, 6) is 0. The number of hydrogen-bond donors (Lipinski definition) is 1. The molecule has 0 aliphatic rings. The first-order chi connectivity index (χ1) is 6.26. The molecule has 0 fully saturated rings. The van der Waals surface area contributed by atoms with Crippen LogP contribution in [0.15, 0.2) is 11.4 Å². The van der Waals surface area contributed by atoms with Crippen LogP contribution in [0.5, 0.6) is 0 Å². The van der Waals surface area contributed by atoms with Crippen molar-refractivity contribution in [2.24, 2.45) is 0 Å². The van der Waals surface area contributed by atoms with Gasteiger partial charge in [-0.15, -0.1) is 11.3 Å². The third-order valence-corrected chi connectivity index (χ3v) is 2.61. The molecule has 70 valence electrons. The summed E-state index contributed by atoms with van der Waals surface area (Å²) >= 11 is 1.58. The first-order valence-corrected chi connectivity index (χ1v) is 4.91. The lowest BCUT2D eigenvalue weighted by molar-refractivity contribution is 0.218. The fourth-order valence-electron chi connectivity index (χ4n) is 1.04. The average molecular weight is 196 g/mol. The van der Waals surface area contributed by atoms with Crippen molar-refractivity contribution in [3.63, 3.8) is 0 Å². The van der Waals surface area contributed by atoms with Crippen molar-refractivity contribution in [2.75, 3.05) is 20.2 Å². The summed E-state index contributed by atoms with van der Waals surface area (Å²) < 4.78 is 0. The van der Waals surface area contributed by atoms with Crippen molar-refractivity contribution in [3.8, 4) is 6.07 Å². The molecule has 0 atom stereocenters. The Morgan fingerprint density at radius 2 is 2.46 bits per heavy atom. The van der Waals surface area contributed by atoms with Crippen LogP contribution in [0.2, 0.25) is 0 Å². The second kappa shape index (κ2) is 4.97. The molecule has 0 saturated carbocycles. The monoisotopic (exact) mass is 196 g/mol. The van der Waals surface area contributed by atoms with Gasteiger partial charge >= 0.3 is 0 Å². The third-order valence-electron chi connectivity index (χ3n) is 1.69. The van der Waals surface area contributed by atoms with E-state index in [2.05, 4.69) is 6.07 Å². The summed E-state index contributed by atoms with van der Waals surface area (Å²) in [7, 11) is 1.95. The predicted molar refractivity (Wildman–Crippen MR) is 52.5 cm³/mol. The molecule has 0 aliphatic heterocycles. The number of aliphatic hydroxyl groups excluding tert-OH is 1. The van der Waals surface area contributed by atoms with Crippen LogP contribution in [0.4, 0.5) is 0 Å². The minimum Gasteiger partial charge on any atom is -0.395 e. The van der Waals surface area contributed by atoms with E-state index in [4.69, 9.17) is 10.4 Å². The van der Waals surface area contributed by atoms with Crippen molar-refractivity contribution in [1.82, 2.24) is 4.90 Å². The van der Waals surface area contributed by atoms with Crippen LogP contribution in [0, 0.1) is 11.3 Å². The quantitative estimate of drug-likeness (QED) is 0.782. The highest BCUT2D eigenvalue weighted by Gasteiger charge is 2.02. The molecule has 0 radical (unpaired) electrons. The predicted octanol–water partition coefficient (Wildman–Crippen LogP) is 1.04. The van der Waals surface area contributed by atoms with Crippen LogP contribution in [0.25, 0.3) is 0 Å². The van der Waals surface area contributed by atoms with E-state index in [1.165, 1.54) is 0 Å². The van der Waals surface area contributed by atoms with E-state index in [1.807, 2.05) is 23.4 Å². The number of likely N-dealkylation sites (N-methyl/N-ethyl adjacent to an activating group) is 1. The highest BCUT2D eigenvalue weighted by atomic mass is 32.1. The Labute approximate surface area is 81.8 Å². The van der Waals surface area contributed by atoms with Gasteiger partial charge in [-0.2, -0.15) is 5.26 Å². The van der Waals surface area contributed by atoms with Crippen molar-refractivity contribution in [1.29, 1.82) is 5.26 Å². The zero-order valence-electron chi connectivity index (χ0n) is 7.53. The van der Waals surface area contributed by atoms with E-state index >= 15 is 0 Å². The summed E-state index contributed by atoms with van der Waals surface area (Å²) in [6, 6.07) is 3.98. The van der Waals surface area contributed by atoms with Gasteiger partial charge in [0.2, 0.25) is 0 Å². The van der Waals surface area contributed by atoms with E-state index in [-0.39, 0.29) is 6.61 Å². The summed E-state index contributed by atoms with van der Waals surface area (Å²) in [6.07, 6.45) is 0. The van der Waals surface area contributed by atoms with Gasteiger partial charge in [-0.25, -0.2) is 0 Å². The van der Waals surface area contributed by atoms with Crippen LogP contribution in [-0.2, 0) is 6.54 Å². The smallest absolute Gasteiger partial charge is 0.100 e. The average Bonchev–Trinajstić information content (AvgIpc) is 2.52. The third kappa shape index (κ3) is 3.15. The maximum absolute atomic E-state index is 8.68. The normalized spacial score (nSPS) is 10.3. The lowest BCUT2D eigenvalue weighted by Crippen LogP contribution is -2.20. The number of aliphatic hydroxyl groups is 1. The molecule has 0 spiro atoms.